The first kappa shape index (κ1) is 15.6. The Bertz CT molecular complexity index is 377. The van der Waals surface area contributed by atoms with Gasteiger partial charge in [-0.1, -0.05) is 11.3 Å². The Kier molecular flexibility index (Phi) is 5.75. The van der Waals surface area contributed by atoms with Gasteiger partial charge in [-0.3, -0.25) is 0 Å². The summed E-state index contributed by atoms with van der Waals surface area (Å²) in [5, 5.41) is 4.45. The predicted octanol–water partition coefficient (Wildman–Crippen LogP) is 2.45. The Morgan fingerprint density at radius 3 is 2.61 bits per heavy atom. The summed E-state index contributed by atoms with van der Waals surface area (Å²) in [5.74, 6) is 0.734. The normalized spacial score (nSPS) is 11.7. The first-order chi connectivity index (χ1) is 8.39. The van der Waals surface area contributed by atoms with E-state index in [1.807, 2.05) is 30.8 Å². The zero-order valence-electron chi connectivity index (χ0n) is 12.0. The molecule has 104 valence electrons. The van der Waals surface area contributed by atoms with E-state index in [1.54, 1.807) is 18.4 Å². The maximum absolute atomic E-state index is 5.31. The summed E-state index contributed by atoms with van der Waals surface area (Å²) in [4.78, 5) is 7.59. The van der Waals surface area contributed by atoms with Crippen LogP contribution >= 0.6 is 23.1 Å². The molecule has 0 aromatic carbocycles. The van der Waals surface area contributed by atoms with Gasteiger partial charge in [0.25, 0.3) is 0 Å². The van der Waals surface area contributed by atoms with Gasteiger partial charge in [0, 0.05) is 31.9 Å². The van der Waals surface area contributed by atoms with Crippen LogP contribution in [0.15, 0.2) is 0 Å². The highest BCUT2D eigenvalue weighted by molar-refractivity contribution is 7.99. The molecule has 0 aliphatic heterocycles. The molecule has 0 spiro atoms. The SMILES string of the molecule is COc1nc(N(C)C)sc1CNCC(C)(C)SC. The lowest BCUT2D eigenvalue weighted by molar-refractivity contribution is 0.394. The van der Waals surface area contributed by atoms with E-state index >= 15 is 0 Å². The topological polar surface area (TPSA) is 37.4 Å². The van der Waals surface area contributed by atoms with Gasteiger partial charge in [-0.15, -0.1) is 0 Å². The molecule has 1 N–H and O–H groups in total. The van der Waals surface area contributed by atoms with Gasteiger partial charge in [0.15, 0.2) is 5.13 Å². The molecule has 0 aliphatic rings. The Morgan fingerprint density at radius 2 is 2.11 bits per heavy atom. The fraction of sp³-hybridized carbons (Fsp3) is 0.750. The summed E-state index contributed by atoms with van der Waals surface area (Å²) in [7, 11) is 5.66. The Labute approximate surface area is 118 Å². The standard InChI is InChI=1S/C12H23N3OS2/c1-12(2,17-6)8-13-7-9-10(16-5)14-11(18-9)15(3)4/h13H,7-8H2,1-6H3. The summed E-state index contributed by atoms with van der Waals surface area (Å²) < 4.78 is 5.56. The molecule has 1 aromatic rings. The minimum atomic E-state index is 0.252. The molecule has 18 heavy (non-hydrogen) atoms. The number of ether oxygens (including phenoxy) is 1. The van der Waals surface area contributed by atoms with Crippen molar-refractivity contribution in [1.29, 1.82) is 0 Å². The molecule has 1 aromatic heterocycles. The minimum Gasteiger partial charge on any atom is -0.480 e. The van der Waals surface area contributed by atoms with Crippen LogP contribution in [-0.4, -0.2) is 43.7 Å². The van der Waals surface area contributed by atoms with Crippen molar-refractivity contribution < 1.29 is 4.74 Å². The number of thiazole rings is 1. The molecule has 0 amide bonds. The van der Waals surface area contributed by atoms with Crippen molar-refractivity contribution >= 4 is 28.2 Å². The Morgan fingerprint density at radius 1 is 1.44 bits per heavy atom. The van der Waals surface area contributed by atoms with Crippen molar-refractivity contribution in [3.05, 3.63) is 4.88 Å². The number of thioether (sulfide) groups is 1. The van der Waals surface area contributed by atoms with Gasteiger partial charge in [0.1, 0.15) is 0 Å². The van der Waals surface area contributed by atoms with E-state index in [2.05, 4.69) is 30.4 Å². The fourth-order valence-corrected chi connectivity index (χ4v) is 2.51. The number of aromatic nitrogens is 1. The molecule has 0 aliphatic carbocycles. The van der Waals surface area contributed by atoms with Gasteiger partial charge >= 0.3 is 0 Å². The maximum Gasteiger partial charge on any atom is 0.230 e. The number of nitrogens with one attached hydrogen (secondary N) is 1. The molecule has 0 fully saturated rings. The number of hydrogen-bond acceptors (Lipinski definition) is 6. The highest BCUT2D eigenvalue weighted by atomic mass is 32.2. The Balaban J connectivity index is 2.61. The number of anilines is 1. The van der Waals surface area contributed by atoms with Gasteiger partial charge < -0.3 is 15.0 Å². The van der Waals surface area contributed by atoms with E-state index in [4.69, 9.17) is 4.74 Å². The van der Waals surface area contributed by atoms with Crippen molar-refractivity contribution in [2.45, 2.75) is 25.1 Å². The quantitative estimate of drug-likeness (QED) is 0.834. The molecule has 6 heteroatoms. The molecule has 0 atom stereocenters. The highest BCUT2D eigenvalue weighted by Gasteiger charge is 2.17. The van der Waals surface area contributed by atoms with E-state index in [0.717, 1.165) is 29.0 Å². The lowest BCUT2D eigenvalue weighted by Gasteiger charge is -2.22. The van der Waals surface area contributed by atoms with E-state index in [-0.39, 0.29) is 4.75 Å². The van der Waals surface area contributed by atoms with Crippen LogP contribution in [0.3, 0.4) is 0 Å². The maximum atomic E-state index is 5.31. The minimum absolute atomic E-state index is 0.252. The second-order valence-corrected chi connectivity index (χ2v) is 7.47. The molecule has 0 bridgehead atoms. The van der Waals surface area contributed by atoms with E-state index in [1.165, 1.54) is 0 Å². The predicted molar refractivity (Wildman–Crippen MR) is 82.3 cm³/mol. The van der Waals surface area contributed by atoms with Crippen LogP contribution in [0, 0.1) is 0 Å². The van der Waals surface area contributed by atoms with Crippen LogP contribution in [0.5, 0.6) is 5.88 Å². The first-order valence-corrected chi connectivity index (χ1v) is 7.90. The number of methoxy groups -OCH3 is 1. The third-order valence-corrected chi connectivity index (χ3v) is 5.07. The van der Waals surface area contributed by atoms with Crippen LogP contribution in [0.4, 0.5) is 5.13 Å². The largest absolute Gasteiger partial charge is 0.480 e. The summed E-state index contributed by atoms with van der Waals surface area (Å²) in [6.45, 7) is 6.24. The highest BCUT2D eigenvalue weighted by Crippen LogP contribution is 2.30. The van der Waals surface area contributed by atoms with E-state index < -0.39 is 0 Å². The first-order valence-electron chi connectivity index (χ1n) is 5.86. The molecule has 1 rings (SSSR count). The molecule has 0 saturated carbocycles. The second kappa shape index (κ2) is 6.63. The van der Waals surface area contributed by atoms with E-state index in [0.29, 0.717) is 0 Å². The van der Waals surface area contributed by atoms with Crippen LogP contribution in [0.2, 0.25) is 0 Å². The van der Waals surface area contributed by atoms with Crippen molar-refractivity contribution in [1.82, 2.24) is 10.3 Å². The third-order valence-electron chi connectivity index (χ3n) is 2.62. The average molecular weight is 289 g/mol. The average Bonchev–Trinajstić information content (AvgIpc) is 2.72. The van der Waals surface area contributed by atoms with Crippen molar-refractivity contribution in [3.63, 3.8) is 0 Å². The lowest BCUT2D eigenvalue weighted by atomic mass is 10.2. The molecule has 0 unspecified atom stereocenters. The number of hydrogen-bond donors (Lipinski definition) is 1. The molecule has 0 radical (unpaired) electrons. The summed E-state index contributed by atoms with van der Waals surface area (Å²) in [6.07, 6.45) is 2.14. The smallest absolute Gasteiger partial charge is 0.230 e. The van der Waals surface area contributed by atoms with Gasteiger partial charge in [0.05, 0.1) is 12.0 Å². The number of nitrogens with zero attached hydrogens (tertiary/aromatic N) is 2. The third kappa shape index (κ3) is 4.33. The van der Waals surface area contributed by atoms with Gasteiger partial charge in [0.2, 0.25) is 5.88 Å². The lowest BCUT2D eigenvalue weighted by Crippen LogP contribution is -2.31. The number of rotatable bonds is 7. The summed E-state index contributed by atoms with van der Waals surface area (Å²) in [6, 6.07) is 0. The molecular formula is C12H23N3OS2. The zero-order chi connectivity index (χ0) is 13.8. The second-order valence-electron chi connectivity index (χ2n) is 4.89. The van der Waals surface area contributed by atoms with Crippen molar-refractivity contribution in [2.24, 2.45) is 0 Å². The molecule has 4 nitrogen and oxygen atoms in total. The summed E-state index contributed by atoms with van der Waals surface area (Å²) in [5.41, 5.74) is 0. The van der Waals surface area contributed by atoms with E-state index in [9.17, 15) is 0 Å². The molecular weight excluding hydrogens is 266 g/mol. The van der Waals surface area contributed by atoms with Crippen molar-refractivity contribution in [3.8, 4) is 5.88 Å². The molecule has 1 heterocycles. The van der Waals surface area contributed by atoms with Crippen LogP contribution in [-0.2, 0) is 6.54 Å². The van der Waals surface area contributed by atoms with Crippen LogP contribution in [0.1, 0.15) is 18.7 Å². The van der Waals surface area contributed by atoms with Crippen LogP contribution < -0.4 is 15.0 Å². The van der Waals surface area contributed by atoms with Gasteiger partial charge in [-0.25, -0.2) is 0 Å². The zero-order valence-corrected chi connectivity index (χ0v) is 13.7. The van der Waals surface area contributed by atoms with Crippen LogP contribution in [0.25, 0.3) is 0 Å². The summed E-state index contributed by atoms with van der Waals surface area (Å²) >= 11 is 3.54. The molecule has 0 saturated heterocycles. The Hall–Kier alpha value is -0.460. The van der Waals surface area contributed by atoms with Gasteiger partial charge in [-0.2, -0.15) is 16.7 Å². The fourth-order valence-electron chi connectivity index (χ4n) is 1.34. The van der Waals surface area contributed by atoms with Crippen molar-refractivity contribution in [2.75, 3.05) is 38.9 Å². The monoisotopic (exact) mass is 289 g/mol. The van der Waals surface area contributed by atoms with Gasteiger partial charge in [-0.05, 0) is 20.1 Å².